The first-order valence-corrected chi connectivity index (χ1v) is 7.66. The fraction of sp³-hybridized carbons (Fsp3) is 0.562. The SMILES string of the molecule is C[C@H]1CN(C(=O)OC(C)(C)C)CCN1c1ccc([N+](=O)[O-])cc1. The highest BCUT2D eigenvalue weighted by Crippen LogP contribution is 2.24. The number of rotatable bonds is 2. The Balaban J connectivity index is 2.01. The first-order valence-electron chi connectivity index (χ1n) is 7.66. The lowest BCUT2D eigenvalue weighted by atomic mass is 10.1. The van der Waals surface area contributed by atoms with Crippen molar-refractivity contribution in [3.05, 3.63) is 34.4 Å². The minimum absolute atomic E-state index is 0.0776. The number of piperazine rings is 1. The summed E-state index contributed by atoms with van der Waals surface area (Å²) in [5, 5.41) is 10.7. The molecule has 0 aliphatic carbocycles. The van der Waals surface area contributed by atoms with E-state index in [0.717, 1.165) is 5.69 Å². The molecule has 0 bridgehead atoms. The molecule has 0 spiro atoms. The van der Waals surface area contributed by atoms with Gasteiger partial charge in [-0.1, -0.05) is 0 Å². The molecule has 0 N–H and O–H groups in total. The summed E-state index contributed by atoms with van der Waals surface area (Å²) in [6, 6.07) is 6.61. The van der Waals surface area contributed by atoms with Gasteiger partial charge in [0.2, 0.25) is 0 Å². The van der Waals surface area contributed by atoms with Gasteiger partial charge in [0.1, 0.15) is 5.60 Å². The summed E-state index contributed by atoms with van der Waals surface area (Å²) in [5.74, 6) is 0. The number of ether oxygens (including phenoxy) is 1. The van der Waals surface area contributed by atoms with Crippen LogP contribution in [0.5, 0.6) is 0 Å². The largest absolute Gasteiger partial charge is 0.444 e. The zero-order valence-corrected chi connectivity index (χ0v) is 14.0. The Morgan fingerprint density at radius 3 is 2.35 bits per heavy atom. The van der Waals surface area contributed by atoms with Crippen molar-refractivity contribution in [1.29, 1.82) is 0 Å². The first kappa shape index (κ1) is 17.1. The van der Waals surface area contributed by atoms with Gasteiger partial charge in [0.15, 0.2) is 0 Å². The smallest absolute Gasteiger partial charge is 0.410 e. The maximum absolute atomic E-state index is 12.1. The van der Waals surface area contributed by atoms with Crippen LogP contribution in [0.1, 0.15) is 27.7 Å². The predicted octanol–water partition coefficient (Wildman–Crippen LogP) is 3.04. The van der Waals surface area contributed by atoms with Crippen LogP contribution in [0.2, 0.25) is 0 Å². The average molecular weight is 321 g/mol. The highest BCUT2D eigenvalue weighted by Gasteiger charge is 2.30. The van der Waals surface area contributed by atoms with Crippen molar-refractivity contribution < 1.29 is 14.5 Å². The van der Waals surface area contributed by atoms with E-state index in [9.17, 15) is 14.9 Å². The van der Waals surface area contributed by atoms with Crippen molar-refractivity contribution in [2.45, 2.75) is 39.3 Å². The molecule has 1 saturated heterocycles. The van der Waals surface area contributed by atoms with Crippen molar-refractivity contribution in [1.82, 2.24) is 4.90 Å². The molecule has 1 heterocycles. The highest BCUT2D eigenvalue weighted by atomic mass is 16.6. The van der Waals surface area contributed by atoms with E-state index in [1.54, 1.807) is 17.0 Å². The van der Waals surface area contributed by atoms with Crippen LogP contribution in [-0.2, 0) is 4.74 Å². The summed E-state index contributed by atoms with van der Waals surface area (Å²) >= 11 is 0. The van der Waals surface area contributed by atoms with Gasteiger partial charge >= 0.3 is 6.09 Å². The number of carbonyl (C=O) groups is 1. The number of hydrogen-bond acceptors (Lipinski definition) is 5. The van der Waals surface area contributed by atoms with Crippen LogP contribution in [0.15, 0.2) is 24.3 Å². The predicted molar refractivity (Wildman–Crippen MR) is 87.7 cm³/mol. The molecular formula is C16H23N3O4. The Kier molecular flexibility index (Phi) is 4.77. The molecule has 0 aromatic heterocycles. The fourth-order valence-corrected chi connectivity index (χ4v) is 2.60. The quantitative estimate of drug-likeness (QED) is 0.618. The van der Waals surface area contributed by atoms with Crippen LogP contribution in [0.25, 0.3) is 0 Å². The van der Waals surface area contributed by atoms with Gasteiger partial charge in [-0.2, -0.15) is 0 Å². The second kappa shape index (κ2) is 6.44. The van der Waals surface area contributed by atoms with E-state index < -0.39 is 10.5 Å². The van der Waals surface area contributed by atoms with Crippen molar-refractivity contribution in [3.8, 4) is 0 Å². The Morgan fingerprint density at radius 1 is 1.26 bits per heavy atom. The minimum atomic E-state index is -0.504. The van der Waals surface area contributed by atoms with Crippen LogP contribution in [0.4, 0.5) is 16.2 Å². The molecule has 0 radical (unpaired) electrons. The average Bonchev–Trinajstić information content (AvgIpc) is 2.45. The topological polar surface area (TPSA) is 75.9 Å². The number of nitro benzene ring substituents is 1. The second-order valence-electron chi connectivity index (χ2n) is 6.74. The lowest BCUT2D eigenvalue weighted by Crippen LogP contribution is -2.54. The van der Waals surface area contributed by atoms with Crippen molar-refractivity contribution in [2.24, 2.45) is 0 Å². The monoisotopic (exact) mass is 321 g/mol. The molecule has 126 valence electrons. The first-order chi connectivity index (χ1) is 10.7. The fourth-order valence-electron chi connectivity index (χ4n) is 2.60. The maximum Gasteiger partial charge on any atom is 0.410 e. The molecule has 7 nitrogen and oxygen atoms in total. The van der Waals surface area contributed by atoms with E-state index in [1.165, 1.54) is 12.1 Å². The number of hydrogen-bond donors (Lipinski definition) is 0. The number of nitro groups is 1. The van der Waals surface area contributed by atoms with Crippen LogP contribution in [0, 0.1) is 10.1 Å². The Hall–Kier alpha value is -2.31. The Morgan fingerprint density at radius 2 is 1.87 bits per heavy atom. The molecule has 2 rings (SSSR count). The van der Waals surface area contributed by atoms with Gasteiger partial charge in [0.05, 0.1) is 4.92 Å². The van der Waals surface area contributed by atoms with E-state index in [0.29, 0.717) is 19.6 Å². The number of nitrogens with zero attached hydrogens (tertiary/aromatic N) is 3. The standard InChI is InChI=1S/C16H23N3O4/c1-12-11-17(15(20)23-16(2,3)4)9-10-18(12)13-5-7-14(8-6-13)19(21)22/h5-8,12H,9-11H2,1-4H3/t12-/m0/s1. The molecule has 0 saturated carbocycles. The van der Waals surface area contributed by atoms with Gasteiger partial charge in [0, 0.05) is 43.5 Å². The van der Waals surface area contributed by atoms with Crippen LogP contribution < -0.4 is 4.90 Å². The zero-order valence-electron chi connectivity index (χ0n) is 14.0. The number of benzene rings is 1. The highest BCUT2D eigenvalue weighted by molar-refractivity contribution is 5.69. The third-order valence-corrected chi connectivity index (χ3v) is 3.67. The van der Waals surface area contributed by atoms with Gasteiger partial charge in [0.25, 0.3) is 5.69 Å². The minimum Gasteiger partial charge on any atom is -0.444 e. The number of carbonyl (C=O) groups excluding carboxylic acids is 1. The summed E-state index contributed by atoms with van der Waals surface area (Å²) in [7, 11) is 0. The molecule has 1 amide bonds. The summed E-state index contributed by atoms with van der Waals surface area (Å²) in [6.45, 7) is 9.36. The van der Waals surface area contributed by atoms with E-state index in [1.807, 2.05) is 27.7 Å². The molecule has 7 heteroatoms. The van der Waals surface area contributed by atoms with Gasteiger partial charge in [-0.25, -0.2) is 4.79 Å². The van der Waals surface area contributed by atoms with E-state index in [2.05, 4.69) is 4.90 Å². The third-order valence-electron chi connectivity index (χ3n) is 3.67. The van der Waals surface area contributed by atoms with Crippen molar-refractivity contribution in [2.75, 3.05) is 24.5 Å². The normalized spacial score (nSPS) is 18.7. The lowest BCUT2D eigenvalue weighted by Gasteiger charge is -2.41. The molecule has 1 fully saturated rings. The van der Waals surface area contributed by atoms with Crippen molar-refractivity contribution in [3.63, 3.8) is 0 Å². The molecule has 1 aliphatic rings. The third kappa shape index (κ3) is 4.34. The van der Waals surface area contributed by atoms with E-state index in [-0.39, 0.29) is 17.8 Å². The number of non-ortho nitro benzene ring substituents is 1. The summed E-state index contributed by atoms with van der Waals surface area (Å²) < 4.78 is 5.40. The van der Waals surface area contributed by atoms with Crippen LogP contribution in [-0.4, -0.2) is 47.2 Å². The van der Waals surface area contributed by atoms with Crippen LogP contribution in [0.3, 0.4) is 0 Å². The number of anilines is 1. The molecular weight excluding hydrogens is 298 g/mol. The zero-order chi connectivity index (χ0) is 17.2. The molecule has 1 aliphatic heterocycles. The van der Waals surface area contributed by atoms with Gasteiger partial charge in [-0.15, -0.1) is 0 Å². The molecule has 23 heavy (non-hydrogen) atoms. The van der Waals surface area contributed by atoms with Crippen LogP contribution >= 0.6 is 0 Å². The Labute approximate surface area is 136 Å². The van der Waals surface area contributed by atoms with Crippen molar-refractivity contribution >= 4 is 17.5 Å². The lowest BCUT2D eigenvalue weighted by molar-refractivity contribution is -0.384. The van der Waals surface area contributed by atoms with Gasteiger partial charge in [-0.05, 0) is 39.8 Å². The number of amides is 1. The molecule has 1 aromatic rings. The second-order valence-corrected chi connectivity index (χ2v) is 6.74. The van der Waals surface area contributed by atoms with E-state index in [4.69, 9.17) is 4.74 Å². The molecule has 1 atom stereocenters. The molecule has 0 unspecified atom stereocenters. The summed E-state index contributed by atoms with van der Waals surface area (Å²) in [6.07, 6.45) is -0.298. The van der Waals surface area contributed by atoms with Gasteiger partial charge < -0.3 is 14.5 Å². The summed E-state index contributed by atoms with van der Waals surface area (Å²) in [5.41, 5.74) is 0.497. The van der Waals surface area contributed by atoms with Gasteiger partial charge in [-0.3, -0.25) is 10.1 Å². The summed E-state index contributed by atoms with van der Waals surface area (Å²) in [4.78, 5) is 26.3. The van der Waals surface area contributed by atoms with E-state index >= 15 is 0 Å². The maximum atomic E-state index is 12.1. The molecule has 1 aromatic carbocycles. The Bertz CT molecular complexity index is 580.